The van der Waals surface area contributed by atoms with Crippen LogP contribution in [0.3, 0.4) is 0 Å². The topological polar surface area (TPSA) is 9.23 Å². The van der Waals surface area contributed by atoms with Crippen LogP contribution in [0.5, 0.6) is 0 Å². The average molecular weight is 171 g/mol. The quantitative estimate of drug-likeness (QED) is 0.593. The van der Waals surface area contributed by atoms with Crippen molar-refractivity contribution in [2.45, 2.75) is 38.2 Å². The lowest BCUT2D eigenvalue weighted by Gasteiger charge is -2.17. The third-order valence-corrected chi connectivity index (χ3v) is 2.15. The van der Waals surface area contributed by atoms with Gasteiger partial charge in [-0.25, -0.2) is 4.39 Å². The van der Waals surface area contributed by atoms with Crippen LogP contribution in [-0.4, -0.2) is 19.4 Å². The van der Waals surface area contributed by atoms with Gasteiger partial charge in [0.25, 0.3) is 0 Å². The van der Waals surface area contributed by atoms with E-state index in [1.807, 2.05) is 0 Å². The van der Waals surface area contributed by atoms with Gasteiger partial charge < -0.3 is 4.74 Å². The van der Waals surface area contributed by atoms with Gasteiger partial charge in [0, 0.05) is 0 Å². The Morgan fingerprint density at radius 1 is 1.25 bits per heavy atom. The van der Waals surface area contributed by atoms with Gasteiger partial charge in [0.15, 0.2) is 0 Å². The molecule has 1 unspecified atom stereocenters. The summed E-state index contributed by atoms with van der Waals surface area (Å²) in [6.07, 6.45) is 10.3. The molecule has 1 rings (SSSR count). The predicted octanol–water partition coefficient (Wildman–Crippen LogP) is 2.86. The lowest BCUT2D eigenvalue weighted by Crippen LogP contribution is -2.15. The molecule has 0 spiro atoms. The molecule has 0 aliphatic heterocycles. The van der Waals surface area contributed by atoms with Crippen molar-refractivity contribution in [3.8, 4) is 0 Å². The first-order valence-corrected chi connectivity index (χ1v) is 4.76. The molecule has 0 aromatic rings. The molecule has 0 heterocycles. The van der Waals surface area contributed by atoms with Gasteiger partial charge in [0.1, 0.15) is 6.67 Å². The van der Waals surface area contributed by atoms with Crippen LogP contribution in [0.15, 0.2) is 12.2 Å². The zero-order valence-corrected chi connectivity index (χ0v) is 7.47. The van der Waals surface area contributed by atoms with Gasteiger partial charge >= 0.3 is 0 Å². The smallest absolute Gasteiger partial charge is 0.113 e. The highest BCUT2D eigenvalue weighted by Gasteiger charge is 2.08. The second kappa shape index (κ2) is 6.18. The van der Waals surface area contributed by atoms with Gasteiger partial charge in [-0.1, -0.05) is 12.2 Å². The van der Waals surface area contributed by atoms with Crippen LogP contribution >= 0.6 is 0 Å². The highest BCUT2D eigenvalue weighted by molar-refractivity contribution is 4.85. The van der Waals surface area contributed by atoms with Crippen molar-refractivity contribution in [2.75, 3.05) is 13.3 Å². The molecule has 0 radical (unpaired) electrons. The Bertz CT molecular complexity index is 134. The van der Waals surface area contributed by atoms with Gasteiger partial charge in [0.2, 0.25) is 0 Å². The molecule has 0 saturated heterocycles. The van der Waals surface area contributed by atoms with Crippen LogP contribution in [-0.2, 0) is 4.74 Å². The Kier molecular flexibility index (Phi) is 5.00. The minimum Gasteiger partial charge on any atom is -0.375 e. The van der Waals surface area contributed by atoms with E-state index < -0.39 is 0 Å². The Balaban J connectivity index is 2.18. The molecule has 70 valence electrons. The SMILES string of the molecule is [18F]CCOC1CCC=CCCC1. The number of hydrogen-bond acceptors (Lipinski definition) is 1. The monoisotopic (exact) mass is 171 g/mol. The second-order valence-corrected chi connectivity index (χ2v) is 3.16. The van der Waals surface area contributed by atoms with E-state index in [0.29, 0.717) is 6.10 Å². The maximum absolute atomic E-state index is 11.8. The molecule has 0 bridgehead atoms. The van der Waals surface area contributed by atoms with Crippen molar-refractivity contribution < 1.29 is 9.13 Å². The summed E-state index contributed by atoms with van der Waals surface area (Å²) in [7, 11) is 0. The Morgan fingerprint density at radius 3 is 2.92 bits per heavy atom. The summed E-state index contributed by atoms with van der Waals surface area (Å²) in [6.45, 7) is -0.0826. The van der Waals surface area contributed by atoms with Crippen molar-refractivity contribution in [2.24, 2.45) is 0 Å². The molecular weight excluding hydrogens is 154 g/mol. The molecule has 0 saturated carbocycles. The number of alkyl halides is 1. The van der Waals surface area contributed by atoms with Crippen molar-refractivity contribution in [1.29, 1.82) is 0 Å². The summed E-state index contributed by atoms with van der Waals surface area (Å²) in [5, 5.41) is 0. The molecule has 0 aromatic carbocycles. The summed E-state index contributed by atoms with van der Waals surface area (Å²) in [6, 6.07) is 0. The lowest BCUT2D eigenvalue weighted by atomic mass is 10.0. The highest BCUT2D eigenvalue weighted by atomic mass is 18.2. The fourth-order valence-electron chi connectivity index (χ4n) is 1.50. The largest absolute Gasteiger partial charge is 0.375 e. The zero-order valence-electron chi connectivity index (χ0n) is 7.47. The normalized spacial score (nSPS) is 24.9. The molecule has 2 heteroatoms. The van der Waals surface area contributed by atoms with E-state index >= 15 is 0 Å². The summed E-state index contributed by atoms with van der Waals surface area (Å²) in [4.78, 5) is 0. The number of ether oxygens (including phenoxy) is 1. The first kappa shape index (κ1) is 9.72. The Labute approximate surface area is 73.6 Å². The fraction of sp³-hybridized carbons (Fsp3) is 0.800. The first-order valence-electron chi connectivity index (χ1n) is 4.76. The molecule has 0 aromatic heterocycles. The third kappa shape index (κ3) is 3.86. The first-order chi connectivity index (χ1) is 5.93. The van der Waals surface area contributed by atoms with Crippen molar-refractivity contribution in [3.05, 3.63) is 12.2 Å². The van der Waals surface area contributed by atoms with Crippen molar-refractivity contribution in [3.63, 3.8) is 0 Å². The van der Waals surface area contributed by atoms with Crippen molar-refractivity contribution >= 4 is 0 Å². The summed E-state index contributed by atoms with van der Waals surface area (Å²) >= 11 is 0. The highest BCUT2D eigenvalue weighted by Crippen LogP contribution is 2.15. The maximum Gasteiger partial charge on any atom is 0.113 e. The molecule has 0 amide bonds. The van der Waals surface area contributed by atoms with E-state index in [4.69, 9.17) is 4.74 Å². The Hall–Kier alpha value is -0.370. The van der Waals surface area contributed by atoms with Crippen LogP contribution in [0.1, 0.15) is 32.1 Å². The molecule has 0 fully saturated rings. The van der Waals surface area contributed by atoms with E-state index in [9.17, 15) is 4.39 Å². The van der Waals surface area contributed by atoms with Gasteiger partial charge in [-0.2, -0.15) is 0 Å². The van der Waals surface area contributed by atoms with E-state index in [1.54, 1.807) is 0 Å². The van der Waals surface area contributed by atoms with E-state index in [2.05, 4.69) is 12.2 Å². The average Bonchev–Trinajstić information content (AvgIpc) is 2.02. The van der Waals surface area contributed by atoms with Gasteiger partial charge in [-0.15, -0.1) is 0 Å². The maximum atomic E-state index is 11.8. The number of rotatable bonds is 3. The van der Waals surface area contributed by atoms with Crippen LogP contribution in [0.25, 0.3) is 0 Å². The summed E-state index contributed by atoms with van der Waals surface area (Å²) in [5.41, 5.74) is 0. The summed E-state index contributed by atoms with van der Waals surface area (Å²) in [5.74, 6) is 0. The number of halogens is 1. The molecule has 1 aliphatic carbocycles. The van der Waals surface area contributed by atoms with Crippen molar-refractivity contribution in [1.82, 2.24) is 0 Å². The fourth-order valence-corrected chi connectivity index (χ4v) is 1.50. The number of allylic oxidation sites excluding steroid dienone is 2. The minimum absolute atomic E-state index is 0.272. The zero-order chi connectivity index (χ0) is 8.65. The van der Waals surface area contributed by atoms with Crippen LogP contribution < -0.4 is 0 Å². The van der Waals surface area contributed by atoms with E-state index in [0.717, 1.165) is 25.7 Å². The minimum atomic E-state index is -0.355. The van der Waals surface area contributed by atoms with Crippen LogP contribution in [0, 0.1) is 0 Å². The number of hydrogen-bond donors (Lipinski definition) is 0. The Morgan fingerprint density at radius 2 is 2.08 bits per heavy atom. The van der Waals surface area contributed by atoms with Crippen LogP contribution in [0.4, 0.5) is 4.39 Å². The van der Waals surface area contributed by atoms with Crippen LogP contribution in [0.2, 0.25) is 0 Å². The third-order valence-electron chi connectivity index (χ3n) is 2.15. The molecule has 0 N–H and O–H groups in total. The molecule has 12 heavy (non-hydrogen) atoms. The molecule has 1 aliphatic rings. The van der Waals surface area contributed by atoms with Gasteiger partial charge in [0.05, 0.1) is 12.7 Å². The summed E-state index contributed by atoms with van der Waals surface area (Å²) < 4.78 is 17.1. The van der Waals surface area contributed by atoms with Gasteiger partial charge in [-0.3, -0.25) is 0 Å². The second-order valence-electron chi connectivity index (χ2n) is 3.16. The molecule has 1 nitrogen and oxygen atoms in total. The predicted molar refractivity (Wildman–Crippen MR) is 47.9 cm³/mol. The van der Waals surface area contributed by atoms with Gasteiger partial charge in [-0.05, 0) is 32.1 Å². The standard InChI is InChI=1S/C10H17FO/c11-8-9-12-10-6-4-2-1-3-5-7-10/h1-2,10H,3-9H2/i11-1. The molecular formula is C10H17FO. The van der Waals surface area contributed by atoms with E-state index in [1.165, 1.54) is 6.42 Å². The lowest BCUT2D eigenvalue weighted by molar-refractivity contribution is 0.0326. The van der Waals surface area contributed by atoms with E-state index in [-0.39, 0.29) is 13.3 Å². The molecule has 1 atom stereocenters.